The summed E-state index contributed by atoms with van der Waals surface area (Å²) in [6.07, 6.45) is 0. The Labute approximate surface area is 92.4 Å². The summed E-state index contributed by atoms with van der Waals surface area (Å²) in [4.78, 5) is 2.35. The van der Waals surface area contributed by atoms with Crippen LogP contribution in [0.2, 0.25) is 0 Å². The number of hydrogen-bond donors (Lipinski definition) is 1. The van der Waals surface area contributed by atoms with Crippen molar-refractivity contribution >= 4 is 11.3 Å². The molecule has 0 radical (unpaired) electrons. The van der Waals surface area contributed by atoms with Crippen LogP contribution in [0, 0.1) is 12.7 Å². The topological polar surface area (TPSA) is 26.0 Å². The van der Waals surface area contributed by atoms with Crippen LogP contribution >= 0.6 is 11.3 Å². The number of hydrogen-bond acceptors (Lipinski definition) is 2. The standard InChI is InChI=1S/C12H12FNS/c1-8-2-7-11(15-8)12(14)9-3-5-10(13)6-4-9/h2-7,12H,14H2,1H3. The number of aryl methyl sites for hydroxylation is 1. The molecule has 0 saturated carbocycles. The molecule has 0 fully saturated rings. The van der Waals surface area contributed by atoms with Crippen molar-refractivity contribution < 1.29 is 4.39 Å². The summed E-state index contributed by atoms with van der Waals surface area (Å²) in [5.74, 6) is -0.228. The van der Waals surface area contributed by atoms with E-state index in [4.69, 9.17) is 5.73 Å². The summed E-state index contributed by atoms with van der Waals surface area (Å²) in [5.41, 5.74) is 7.01. The van der Waals surface area contributed by atoms with Crippen molar-refractivity contribution in [3.8, 4) is 0 Å². The molecule has 2 aromatic rings. The van der Waals surface area contributed by atoms with E-state index in [1.165, 1.54) is 17.0 Å². The van der Waals surface area contributed by atoms with Crippen LogP contribution in [0.25, 0.3) is 0 Å². The third-order valence-corrected chi connectivity index (χ3v) is 3.38. The van der Waals surface area contributed by atoms with Gasteiger partial charge in [-0.1, -0.05) is 12.1 Å². The molecule has 0 spiro atoms. The summed E-state index contributed by atoms with van der Waals surface area (Å²) in [5, 5.41) is 0. The van der Waals surface area contributed by atoms with Gasteiger partial charge in [0.15, 0.2) is 0 Å². The second-order valence-electron chi connectivity index (χ2n) is 3.48. The van der Waals surface area contributed by atoms with E-state index in [-0.39, 0.29) is 11.9 Å². The maximum atomic E-state index is 12.7. The lowest BCUT2D eigenvalue weighted by Gasteiger charge is -2.09. The average Bonchev–Trinajstić information content (AvgIpc) is 2.65. The summed E-state index contributed by atoms with van der Waals surface area (Å²) in [6.45, 7) is 2.05. The van der Waals surface area contributed by atoms with Crippen molar-refractivity contribution in [1.29, 1.82) is 0 Å². The number of halogens is 1. The largest absolute Gasteiger partial charge is 0.320 e. The quantitative estimate of drug-likeness (QED) is 0.827. The lowest BCUT2D eigenvalue weighted by Crippen LogP contribution is -2.09. The Morgan fingerprint density at radius 2 is 1.80 bits per heavy atom. The normalized spacial score (nSPS) is 12.7. The lowest BCUT2D eigenvalue weighted by molar-refractivity contribution is 0.626. The van der Waals surface area contributed by atoms with Gasteiger partial charge in [0.2, 0.25) is 0 Å². The smallest absolute Gasteiger partial charge is 0.123 e. The number of nitrogens with two attached hydrogens (primary N) is 1. The fourth-order valence-corrected chi connectivity index (χ4v) is 2.36. The monoisotopic (exact) mass is 221 g/mol. The Balaban J connectivity index is 2.28. The van der Waals surface area contributed by atoms with Gasteiger partial charge in [0.1, 0.15) is 5.82 Å². The van der Waals surface area contributed by atoms with Crippen LogP contribution in [-0.2, 0) is 0 Å². The SMILES string of the molecule is Cc1ccc(C(N)c2ccc(F)cc2)s1. The molecule has 1 atom stereocenters. The first-order chi connectivity index (χ1) is 7.16. The molecule has 0 amide bonds. The molecule has 2 rings (SSSR count). The Hall–Kier alpha value is -1.19. The van der Waals surface area contributed by atoms with Crippen LogP contribution in [-0.4, -0.2) is 0 Å². The number of rotatable bonds is 2. The van der Waals surface area contributed by atoms with Gasteiger partial charge in [0.05, 0.1) is 6.04 Å². The van der Waals surface area contributed by atoms with Gasteiger partial charge < -0.3 is 5.73 Å². The van der Waals surface area contributed by atoms with Gasteiger partial charge >= 0.3 is 0 Å². The molecule has 1 unspecified atom stereocenters. The van der Waals surface area contributed by atoms with E-state index in [9.17, 15) is 4.39 Å². The van der Waals surface area contributed by atoms with Gasteiger partial charge in [-0.25, -0.2) is 4.39 Å². The zero-order valence-electron chi connectivity index (χ0n) is 8.41. The van der Waals surface area contributed by atoms with Gasteiger partial charge in [0, 0.05) is 9.75 Å². The molecule has 0 bridgehead atoms. The number of thiophene rings is 1. The summed E-state index contributed by atoms with van der Waals surface area (Å²) in [7, 11) is 0. The minimum absolute atomic E-state index is 0.149. The fraction of sp³-hybridized carbons (Fsp3) is 0.167. The first-order valence-electron chi connectivity index (χ1n) is 4.74. The minimum Gasteiger partial charge on any atom is -0.320 e. The molecule has 0 aliphatic rings. The Morgan fingerprint density at radius 1 is 1.13 bits per heavy atom. The Kier molecular flexibility index (Phi) is 2.84. The molecule has 1 aromatic carbocycles. The van der Waals surface area contributed by atoms with Crippen molar-refractivity contribution in [3.63, 3.8) is 0 Å². The second-order valence-corrected chi connectivity index (χ2v) is 4.80. The highest BCUT2D eigenvalue weighted by molar-refractivity contribution is 7.12. The third kappa shape index (κ3) is 2.25. The van der Waals surface area contributed by atoms with E-state index in [1.54, 1.807) is 23.5 Å². The Bertz CT molecular complexity index is 447. The zero-order valence-corrected chi connectivity index (χ0v) is 9.22. The maximum absolute atomic E-state index is 12.7. The molecule has 1 nitrogen and oxygen atoms in total. The number of benzene rings is 1. The van der Waals surface area contributed by atoms with Crippen molar-refractivity contribution in [2.75, 3.05) is 0 Å². The van der Waals surface area contributed by atoms with E-state index < -0.39 is 0 Å². The summed E-state index contributed by atoms with van der Waals surface area (Å²) < 4.78 is 12.7. The first-order valence-corrected chi connectivity index (χ1v) is 5.56. The van der Waals surface area contributed by atoms with Gasteiger partial charge in [-0.3, -0.25) is 0 Å². The molecule has 1 aromatic heterocycles. The van der Waals surface area contributed by atoms with Crippen LogP contribution in [0.5, 0.6) is 0 Å². The van der Waals surface area contributed by atoms with Crippen LogP contribution in [0.4, 0.5) is 4.39 Å². The molecule has 15 heavy (non-hydrogen) atoms. The van der Waals surface area contributed by atoms with Crippen molar-refractivity contribution in [2.24, 2.45) is 5.73 Å². The predicted octanol–water partition coefficient (Wildman–Crippen LogP) is 3.24. The summed E-state index contributed by atoms with van der Waals surface area (Å²) in [6, 6.07) is 10.3. The maximum Gasteiger partial charge on any atom is 0.123 e. The second kappa shape index (κ2) is 4.13. The lowest BCUT2D eigenvalue weighted by atomic mass is 10.1. The molecular formula is C12H12FNS. The van der Waals surface area contributed by atoms with E-state index in [0.29, 0.717) is 0 Å². The molecule has 0 aliphatic carbocycles. The average molecular weight is 221 g/mol. The van der Waals surface area contributed by atoms with Crippen molar-refractivity contribution in [1.82, 2.24) is 0 Å². The molecule has 0 aliphatic heterocycles. The van der Waals surface area contributed by atoms with Gasteiger partial charge in [-0.15, -0.1) is 11.3 Å². The van der Waals surface area contributed by atoms with E-state index >= 15 is 0 Å². The zero-order chi connectivity index (χ0) is 10.8. The van der Waals surface area contributed by atoms with Crippen LogP contribution in [0.15, 0.2) is 36.4 Å². The third-order valence-electron chi connectivity index (χ3n) is 2.30. The highest BCUT2D eigenvalue weighted by Crippen LogP contribution is 2.26. The van der Waals surface area contributed by atoms with Crippen molar-refractivity contribution in [3.05, 3.63) is 57.5 Å². The van der Waals surface area contributed by atoms with E-state index in [2.05, 4.69) is 0 Å². The molecule has 1 heterocycles. The molecular weight excluding hydrogens is 209 g/mol. The first kappa shape index (κ1) is 10.3. The van der Waals surface area contributed by atoms with E-state index in [0.717, 1.165) is 10.4 Å². The highest BCUT2D eigenvalue weighted by atomic mass is 32.1. The van der Waals surface area contributed by atoms with Gasteiger partial charge in [0.25, 0.3) is 0 Å². The molecule has 3 heteroatoms. The fourth-order valence-electron chi connectivity index (χ4n) is 1.45. The highest BCUT2D eigenvalue weighted by Gasteiger charge is 2.10. The summed E-state index contributed by atoms with van der Waals surface area (Å²) >= 11 is 1.68. The van der Waals surface area contributed by atoms with Crippen LogP contribution in [0.3, 0.4) is 0 Å². The van der Waals surface area contributed by atoms with Gasteiger partial charge in [-0.05, 0) is 36.8 Å². The van der Waals surface area contributed by atoms with Gasteiger partial charge in [-0.2, -0.15) is 0 Å². The molecule has 0 saturated heterocycles. The van der Waals surface area contributed by atoms with Crippen molar-refractivity contribution in [2.45, 2.75) is 13.0 Å². The molecule has 78 valence electrons. The van der Waals surface area contributed by atoms with E-state index in [1.807, 2.05) is 19.1 Å². The Morgan fingerprint density at radius 3 is 2.33 bits per heavy atom. The minimum atomic E-state index is -0.228. The van der Waals surface area contributed by atoms with Crippen LogP contribution < -0.4 is 5.73 Å². The molecule has 2 N–H and O–H groups in total. The predicted molar refractivity (Wildman–Crippen MR) is 61.5 cm³/mol. The van der Waals surface area contributed by atoms with Crippen LogP contribution in [0.1, 0.15) is 21.4 Å².